The first-order valence-electron chi connectivity index (χ1n) is 6.54. The highest BCUT2D eigenvalue weighted by Gasteiger charge is 2.68. The third kappa shape index (κ3) is 1.47. The van der Waals surface area contributed by atoms with Crippen LogP contribution in [0.4, 0.5) is 0 Å². The Kier molecular flexibility index (Phi) is 2.99. The van der Waals surface area contributed by atoms with Crippen LogP contribution < -0.4 is 0 Å². The zero-order chi connectivity index (χ0) is 12.7. The number of aliphatic carboxylic acids is 1. The number of fused-ring (bicyclic) bond motifs is 2. The number of carboxylic acid groups (broad SMARTS) is 1. The Labute approximate surface area is 102 Å². The lowest BCUT2D eigenvalue weighted by Crippen LogP contribution is -2.49. The number of hydrogen-bond acceptors (Lipinski definition) is 3. The second kappa shape index (κ2) is 3.95. The normalized spacial score (nSPS) is 39.2. The van der Waals surface area contributed by atoms with Crippen molar-refractivity contribution in [2.75, 3.05) is 6.61 Å². The molecule has 0 amide bonds. The Balaban J connectivity index is 2.49. The fraction of sp³-hybridized carbons (Fsp3) is 0.923. The standard InChI is InChI=1S/C13H22O4/c1-3-13(4-2)12(10(15)16)7-5-6-11(8-12,9-14)17-13/h14H,3-9H2,1-2H3,(H,15,16)/t11-,12-/m1/s1. The average Bonchev–Trinajstić information content (AvgIpc) is 2.56. The molecule has 1 aliphatic carbocycles. The van der Waals surface area contributed by atoms with Crippen LogP contribution in [0.25, 0.3) is 0 Å². The first-order chi connectivity index (χ1) is 8.00. The van der Waals surface area contributed by atoms with E-state index in [9.17, 15) is 15.0 Å². The minimum absolute atomic E-state index is 0.0657. The first-order valence-corrected chi connectivity index (χ1v) is 6.54. The van der Waals surface area contributed by atoms with E-state index in [1.807, 2.05) is 13.8 Å². The maximum absolute atomic E-state index is 11.8. The van der Waals surface area contributed by atoms with E-state index in [1.165, 1.54) is 0 Å². The first kappa shape index (κ1) is 12.8. The van der Waals surface area contributed by atoms with Gasteiger partial charge in [-0.15, -0.1) is 0 Å². The zero-order valence-corrected chi connectivity index (χ0v) is 10.7. The van der Waals surface area contributed by atoms with Gasteiger partial charge in [-0.1, -0.05) is 13.8 Å². The van der Waals surface area contributed by atoms with E-state index >= 15 is 0 Å². The molecule has 0 aromatic rings. The van der Waals surface area contributed by atoms with Crippen molar-refractivity contribution in [2.45, 2.75) is 63.6 Å². The number of carbonyl (C=O) groups is 1. The molecule has 1 saturated carbocycles. The topological polar surface area (TPSA) is 66.8 Å². The Bertz CT molecular complexity index is 323. The molecule has 0 unspecified atom stereocenters. The molecule has 2 bridgehead atoms. The van der Waals surface area contributed by atoms with E-state index in [2.05, 4.69) is 0 Å². The SMILES string of the molecule is CCC1(CC)O[C@]2(CO)CCC[C@]1(C(=O)O)C2. The van der Waals surface area contributed by atoms with Crippen LogP contribution in [0.1, 0.15) is 52.4 Å². The van der Waals surface area contributed by atoms with Gasteiger partial charge in [0.15, 0.2) is 0 Å². The zero-order valence-electron chi connectivity index (χ0n) is 10.7. The Morgan fingerprint density at radius 3 is 2.41 bits per heavy atom. The Morgan fingerprint density at radius 2 is 1.94 bits per heavy atom. The molecule has 4 nitrogen and oxygen atoms in total. The minimum Gasteiger partial charge on any atom is -0.481 e. The maximum atomic E-state index is 11.8. The summed E-state index contributed by atoms with van der Waals surface area (Å²) < 4.78 is 6.14. The molecule has 2 atom stereocenters. The summed E-state index contributed by atoms with van der Waals surface area (Å²) in [4.78, 5) is 11.8. The number of hydrogen-bond donors (Lipinski definition) is 2. The van der Waals surface area contributed by atoms with E-state index < -0.39 is 22.6 Å². The predicted molar refractivity (Wildman–Crippen MR) is 62.8 cm³/mol. The number of rotatable bonds is 4. The van der Waals surface area contributed by atoms with E-state index in [0.29, 0.717) is 25.7 Å². The van der Waals surface area contributed by atoms with Crippen LogP contribution in [-0.2, 0) is 9.53 Å². The van der Waals surface area contributed by atoms with Crippen molar-refractivity contribution >= 4 is 5.97 Å². The molecule has 1 aliphatic heterocycles. The lowest BCUT2D eigenvalue weighted by atomic mass is 9.61. The molecule has 1 heterocycles. The fourth-order valence-corrected chi connectivity index (χ4v) is 4.04. The van der Waals surface area contributed by atoms with Crippen LogP contribution in [-0.4, -0.2) is 34.0 Å². The molecule has 98 valence electrons. The van der Waals surface area contributed by atoms with Gasteiger partial charge in [-0.3, -0.25) is 4.79 Å². The van der Waals surface area contributed by atoms with Gasteiger partial charge >= 0.3 is 5.97 Å². The third-order valence-corrected chi connectivity index (χ3v) is 4.98. The van der Waals surface area contributed by atoms with Gasteiger partial charge in [-0.05, 0) is 38.5 Å². The summed E-state index contributed by atoms with van der Waals surface area (Å²) in [6, 6.07) is 0. The van der Waals surface area contributed by atoms with Crippen LogP contribution in [0.3, 0.4) is 0 Å². The molecule has 2 N–H and O–H groups in total. The molecule has 17 heavy (non-hydrogen) atoms. The lowest BCUT2D eigenvalue weighted by Gasteiger charge is -2.40. The van der Waals surface area contributed by atoms with Crippen molar-refractivity contribution in [2.24, 2.45) is 5.41 Å². The molecule has 0 aromatic carbocycles. The largest absolute Gasteiger partial charge is 0.481 e. The molecule has 4 heteroatoms. The van der Waals surface area contributed by atoms with Gasteiger partial charge in [0.05, 0.1) is 23.2 Å². The molecule has 0 spiro atoms. The van der Waals surface area contributed by atoms with Gasteiger partial charge in [0.1, 0.15) is 0 Å². The monoisotopic (exact) mass is 242 g/mol. The summed E-state index contributed by atoms with van der Waals surface area (Å²) in [5.74, 6) is -0.753. The molecule has 2 rings (SSSR count). The van der Waals surface area contributed by atoms with Gasteiger partial charge in [0.25, 0.3) is 0 Å². The number of carboxylic acids is 1. The van der Waals surface area contributed by atoms with Gasteiger partial charge in [0, 0.05) is 0 Å². The summed E-state index contributed by atoms with van der Waals surface area (Å²) in [6.07, 6.45) is 4.13. The predicted octanol–water partition coefficient (Wildman–Crippen LogP) is 1.95. The van der Waals surface area contributed by atoms with Crippen molar-refractivity contribution in [3.05, 3.63) is 0 Å². The highest BCUT2D eigenvalue weighted by molar-refractivity contribution is 5.77. The maximum Gasteiger partial charge on any atom is 0.312 e. The summed E-state index contributed by atoms with van der Waals surface area (Å²) in [5, 5.41) is 19.2. The van der Waals surface area contributed by atoms with Crippen molar-refractivity contribution in [1.82, 2.24) is 0 Å². The smallest absolute Gasteiger partial charge is 0.312 e. The number of ether oxygens (including phenoxy) is 1. The van der Waals surface area contributed by atoms with Crippen molar-refractivity contribution in [3.8, 4) is 0 Å². The summed E-state index contributed by atoms with van der Waals surface area (Å²) >= 11 is 0. The fourth-order valence-electron chi connectivity index (χ4n) is 4.04. The van der Waals surface area contributed by atoms with Crippen molar-refractivity contribution < 1.29 is 19.7 Å². The van der Waals surface area contributed by atoms with E-state index in [-0.39, 0.29) is 6.61 Å². The van der Waals surface area contributed by atoms with E-state index in [1.54, 1.807) is 0 Å². The highest BCUT2D eigenvalue weighted by Crippen LogP contribution is 2.61. The van der Waals surface area contributed by atoms with Crippen LogP contribution >= 0.6 is 0 Å². The third-order valence-electron chi connectivity index (χ3n) is 4.98. The van der Waals surface area contributed by atoms with Gasteiger partial charge in [0.2, 0.25) is 0 Å². The number of aliphatic hydroxyl groups is 1. The second-order valence-corrected chi connectivity index (χ2v) is 5.56. The van der Waals surface area contributed by atoms with Gasteiger partial charge in [-0.2, -0.15) is 0 Å². The number of aliphatic hydroxyl groups excluding tert-OH is 1. The minimum atomic E-state index is -0.794. The molecule has 0 aromatic heterocycles. The summed E-state index contributed by atoms with van der Waals surface area (Å²) in [7, 11) is 0. The Morgan fingerprint density at radius 1 is 1.29 bits per heavy atom. The molecule has 1 saturated heterocycles. The molecular formula is C13H22O4. The van der Waals surface area contributed by atoms with E-state index in [0.717, 1.165) is 12.8 Å². The highest BCUT2D eigenvalue weighted by atomic mass is 16.5. The molecule has 0 radical (unpaired) electrons. The van der Waals surface area contributed by atoms with E-state index in [4.69, 9.17) is 4.74 Å². The average molecular weight is 242 g/mol. The van der Waals surface area contributed by atoms with Crippen LogP contribution in [0.5, 0.6) is 0 Å². The summed E-state index contributed by atoms with van der Waals surface area (Å²) in [5.41, 5.74) is -2.00. The van der Waals surface area contributed by atoms with Crippen LogP contribution in [0.15, 0.2) is 0 Å². The Hall–Kier alpha value is -0.610. The van der Waals surface area contributed by atoms with Crippen LogP contribution in [0, 0.1) is 5.41 Å². The van der Waals surface area contributed by atoms with Gasteiger partial charge < -0.3 is 14.9 Å². The van der Waals surface area contributed by atoms with Crippen molar-refractivity contribution in [3.63, 3.8) is 0 Å². The quantitative estimate of drug-likeness (QED) is 0.790. The molecule has 2 aliphatic rings. The van der Waals surface area contributed by atoms with Crippen molar-refractivity contribution in [1.29, 1.82) is 0 Å². The molecule has 2 fully saturated rings. The molecular weight excluding hydrogens is 220 g/mol. The van der Waals surface area contributed by atoms with Crippen LogP contribution in [0.2, 0.25) is 0 Å². The lowest BCUT2D eigenvalue weighted by molar-refractivity contribution is -0.169. The second-order valence-electron chi connectivity index (χ2n) is 5.56. The summed E-state index contributed by atoms with van der Waals surface area (Å²) in [6.45, 7) is 3.91. The van der Waals surface area contributed by atoms with Gasteiger partial charge in [-0.25, -0.2) is 0 Å².